The average molecular weight is 389 g/mol. The van der Waals surface area contributed by atoms with E-state index in [0.29, 0.717) is 23.2 Å². The van der Waals surface area contributed by atoms with Crippen molar-refractivity contribution in [2.24, 2.45) is 0 Å². The molecule has 0 saturated carbocycles. The highest BCUT2D eigenvalue weighted by Gasteiger charge is 2.15. The average Bonchev–Trinajstić information content (AvgIpc) is 3.37. The molecule has 9 heteroatoms. The Hall–Kier alpha value is -4.01. The van der Waals surface area contributed by atoms with Crippen molar-refractivity contribution < 1.29 is 9.47 Å². The Labute approximate surface area is 166 Å². The van der Waals surface area contributed by atoms with Gasteiger partial charge in [0, 0.05) is 37.2 Å². The van der Waals surface area contributed by atoms with E-state index in [-0.39, 0.29) is 6.79 Å². The third-order valence-electron chi connectivity index (χ3n) is 4.54. The van der Waals surface area contributed by atoms with Crippen LogP contribution < -0.4 is 25.0 Å². The molecule has 1 aliphatic heterocycles. The molecule has 1 aliphatic rings. The molecule has 9 nitrogen and oxygen atoms in total. The standard InChI is InChI=1S/C20H19N7O2/c1-27(2)14-5-3-4-12(8-14)24-20-25-18-17(21-10-22-18)19(26-20)23-13-6-7-15-16(9-13)29-11-28-15/h3-10H,11H2,1-2H3,(H3,21,22,23,24,25,26). The number of aromatic amines is 1. The van der Waals surface area contributed by atoms with Crippen LogP contribution in [0.25, 0.3) is 11.2 Å². The predicted octanol–water partition coefficient (Wildman–Crippen LogP) is 3.63. The number of fused-ring (bicyclic) bond motifs is 2. The van der Waals surface area contributed by atoms with Gasteiger partial charge in [-0.2, -0.15) is 9.97 Å². The number of H-pyrrole nitrogens is 1. The Kier molecular flexibility index (Phi) is 4.05. The lowest BCUT2D eigenvalue weighted by atomic mass is 10.2. The lowest BCUT2D eigenvalue weighted by Crippen LogP contribution is -2.09. The Morgan fingerprint density at radius 1 is 0.966 bits per heavy atom. The molecule has 0 saturated heterocycles. The van der Waals surface area contributed by atoms with Crippen LogP contribution >= 0.6 is 0 Å². The van der Waals surface area contributed by atoms with E-state index in [2.05, 4.69) is 30.6 Å². The van der Waals surface area contributed by atoms with Crippen LogP contribution in [0.2, 0.25) is 0 Å². The minimum absolute atomic E-state index is 0.233. The van der Waals surface area contributed by atoms with Gasteiger partial charge < -0.3 is 30.0 Å². The van der Waals surface area contributed by atoms with Crippen LogP contribution in [0, 0.1) is 0 Å². The number of benzene rings is 2. The summed E-state index contributed by atoms with van der Waals surface area (Å²) < 4.78 is 10.8. The number of nitrogens with one attached hydrogen (secondary N) is 3. The molecule has 0 bridgehead atoms. The van der Waals surface area contributed by atoms with Crippen LogP contribution in [-0.2, 0) is 0 Å². The molecule has 0 spiro atoms. The summed E-state index contributed by atoms with van der Waals surface area (Å²) in [7, 11) is 4.00. The maximum absolute atomic E-state index is 5.45. The predicted molar refractivity (Wildman–Crippen MR) is 112 cm³/mol. The highest BCUT2D eigenvalue weighted by Crippen LogP contribution is 2.35. The topological polar surface area (TPSA) is 100 Å². The monoisotopic (exact) mass is 389 g/mol. The first-order chi connectivity index (χ1) is 14.2. The van der Waals surface area contributed by atoms with E-state index in [1.54, 1.807) is 6.33 Å². The van der Waals surface area contributed by atoms with Crippen LogP contribution in [0.5, 0.6) is 11.5 Å². The largest absolute Gasteiger partial charge is 0.454 e. The third kappa shape index (κ3) is 3.33. The van der Waals surface area contributed by atoms with Gasteiger partial charge in [0.05, 0.1) is 6.33 Å². The number of anilines is 5. The number of hydrogen-bond acceptors (Lipinski definition) is 8. The fourth-order valence-electron chi connectivity index (χ4n) is 3.08. The summed E-state index contributed by atoms with van der Waals surface area (Å²) >= 11 is 0. The van der Waals surface area contributed by atoms with Gasteiger partial charge >= 0.3 is 0 Å². The number of rotatable bonds is 5. The maximum Gasteiger partial charge on any atom is 0.231 e. The van der Waals surface area contributed by atoms with Crippen molar-refractivity contribution >= 4 is 40.0 Å². The summed E-state index contributed by atoms with van der Waals surface area (Å²) in [6, 6.07) is 13.7. The first-order valence-corrected chi connectivity index (χ1v) is 9.08. The second-order valence-corrected chi connectivity index (χ2v) is 6.76. The molecule has 3 heterocycles. The summed E-state index contributed by atoms with van der Waals surface area (Å²) in [6.07, 6.45) is 1.60. The fourth-order valence-corrected chi connectivity index (χ4v) is 3.08. The van der Waals surface area contributed by atoms with Gasteiger partial charge in [-0.3, -0.25) is 0 Å². The van der Waals surface area contributed by atoms with Crippen molar-refractivity contribution in [2.75, 3.05) is 36.4 Å². The van der Waals surface area contributed by atoms with Crippen LogP contribution in [0.3, 0.4) is 0 Å². The molecule has 29 heavy (non-hydrogen) atoms. The summed E-state index contributed by atoms with van der Waals surface area (Å²) in [5.41, 5.74) is 4.07. The zero-order chi connectivity index (χ0) is 19.8. The van der Waals surface area contributed by atoms with Gasteiger partial charge in [0.15, 0.2) is 23.0 Å². The van der Waals surface area contributed by atoms with Gasteiger partial charge in [-0.15, -0.1) is 0 Å². The molecule has 0 atom stereocenters. The molecule has 4 aromatic rings. The number of nitrogens with zero attached hydrogens (tertiary/aromatic N) is 4. The van der Waals surface area contributed by atoms with E-state index in [0.717, 1.165) is 28.3 Å². The van der Waals surface area contributed by atoms with Gasteiger partial charge in [0.1, 0.15) is 5.52 Å². The Morgan fingerprint density at radius 2 is 1.83 bits per heavy atom. The quantitative estimate of drug-likeness (QED) is 0.476. The van der Waals surface area contributed by atoms with Crippen molar-refractivity contribution in [1.29, 1.82) is 0 Å². The molecule has 0 radical (unpaired) electrons. The van der Waals surface area contributed by atoms with Gasteiger partial charge in [-0.1, -0.05) is 6.07 Å². The van der Waals surface area contributed by atoms with E-state index in [1.807, 2.05) is 61.5 Å². The van der Waals surface area contributed by atoms with Crippen LogP contribution in [-0.4, -0.2) is 40.8 Å². The summed E-state index contributed by atoms with van der Waals surface area (Å²) in [5, 5.41) is 6.57. The summed E-state index contributed by atoms with van der Waals surface area (Å²) in [4.78, 5) is 18.6. The summed E-state index contributed by atoms with van der Waals surface area (Å²) in [6.45, 7) is 0.233. The van der Waals surface area contributed by atoms with Crippen LogP contribution in [0.4, 0.5) is 28.8 Å². The van der Waals surface area contributed by atoms with Gasteiger partial charge in [0.2, 0.25) is 12.7 Å². The molecular formula is C20H19N7O2. The minimum Gasteiger partial charge on any atom is -0.454 e. The third-order valence-corrected chi connectivity index (χ3v) is 4.54. The van der Waals surface area contributed by atoms with Crippen molar-refractivity contribution in [3.05, 3.63) is 48.8 Å². The Bertz CT molecular complexity index is 1190. The number of aromatic nitrogens is 4. The molecule has 3 N–H and O–H groups in total. The molecule has 2 aromatic heterocycles. The van der Waals surface area contributed by atoms with E-state index in [4.69, 9.17) is 9.47 Å². The number of imidazole rings is 1. The van der Waals surface area contributed by atoms with Crippen LogP contribution in [0.1, 0.15) is 0 Å². The normalized spacial score (nSPS) is 12.2. The van der Waals surface area contributed by atoms with Crippen molar-refractivity contribution in [3.8, 4) is 11.5 Å². The fraction of sp³-hybridized carbons (Fsp3) is 0.150. The molecular weight excluding hydrogens is 370 g/mol. The molecule has 0 aliphatic carbocycles. The number of hydrogen-bond donors (Lipinski definition) is 3. The van der Waals surface area contributed by atoms with Crippen molar-refractivity contribution in [3.63, 3.8) is 0 Å². The molecule has 2 aromatic carbocycles. The van der Waals surface area contributed by atoms with E-state index < -0.39 is 0 Å². The van der Waals surface area contributed by atoms with Crippen molar-refractivity contribution in [2.45, 2.75) is 0 Å². The second kappa shape index (κ2) is 6.86. The molecule has 0 fully saturated rings. The van der Waals surface area contributed by atoms with E-state index in [9.17, 15) is 0 Å². The SMILES string of the molecule is CN(C)c1cccc(Nc2nc(Nc3ccc4c(c3)OCO4)c3[nH]cnc3n2)c1. The van der Waals surface area contributed by atoms with Crippen molar-refractivity contribution in [1.82, 2.24) is 19.9 Å². The molecule has 146 valence electrons. The highest BCUT2D eigenvalue weighted by molar-refractivity contribution is 5.86. The number of ether oxygens (including phenoxy) is 2. The van der Waals surface area contributed by atoms with Crippen LogP contribution in [0.15, 0.2) is 48.8 Å². The minimum atomic E-state index is 0.233. The van der Waals surface area contributed by atoms with Gasteiger partial charge in [-0.25, -0.2) is 4.98 Å². The zero-order valence-electron chi connectivity index (χ0n) is 15.9. The van der Waals surface area contributed by atoms with E-state index in [1.165, 1.54) is 0 Å². The molecule has 0 amide bonds. The zero-order valence-corrected chi connectivity index (χ0v) is 15.9. The Morgan fingerprint density at radius 3 is 2.72 bits per heavy atom. The molecule has 0 unspecified atom stereocenters. The van der Waals surface area contributed by atoms with Gasteiger partial charge in [-0.05, 0) is 30.3 Å². The van der Waals surface area contributed by atoms with Gasteiger partial charge in [0.25, 0.3) is 0 Å². The van der Waals surface area contributed by atoms with E-state index >= 15 is 0 Å². The maximum atomic E-state index is 5.45. The first kappa shape index (κ1) is 17.1. The molecule has 5 rings (SSSR count). The lowest BCUT2D eigenvalue weighted by molar-refractivity contribution is 0.174. The highest BCUT2D eigenvalue weighted by atomic mass is 16.7. The smallest absolute Gasteiger partial charge is 0.231 e. The first-order valence-electron chi connectivity index (χ1n) is 9.08. The Balaban J connectivity index is 1.48. The second-order valence-electron chi connectivity index (χ2n) is 6.76. The lowest BCUT2D eigenvalue weighted by Gasteiger charge is -2.14. The summed E-state index contributed by atoms with van der Waals surface area (Å²) in [5.74, 6) is 2.48.